The van der Waals surface area contributed by atoms with E-state index >= 15 is 0 Å². The molecule has 5 rings (SSSR count). The number of carboxylic acids is 1. The van der Waals surface area contributed by atoms with Gasteiger partial charge in [0, 0.05) is 5.41 Å². The average molecular weight is 275 g/mol. The van der Waals surface area contributed by atoms with E-state index in [1.165, 1.54) is 19.3 Å². The highest BCUT2D eigenvalue weighted by atomic mass is 16.4. The highest BCUT2D eigenvalue weighted by Gasteiger charge is 2.56. The first kappa shape index (κ1) is 12.4. The van der Waals surface area contributed by atoms with Gasteiger partial charge in [-0.2, -0.15) is 0 Å². The molecular weight excluding hydrogens is 254 g/mol. The maximum Gasteiger partial charge on any atom is 0.327 e. The predicted molar refractivity (Wildman–Crippen MR) is 72.0 cm³/mol. The Hall–Kier alpha value is -1.39. The summed E-state index contributed by atoms with van der Waals surface area (Å²) in [4.78, 5) is 12.0. The van der Waals surface area contributed by atoms with Crippen LogP contribution in [0.25, 0.3) is 0 Å². The van der Waals surface area contributed by atoms with E-state index in [9.17, 15) is 9.90 Å². The van der Waals surface area contributed by atoms with Gasteiger partial charge in [-0.15, -0.1) is 10.2 Å². The number of carboxylic acid groups (broad SMARTS) is 1. The van der Waals surface area contributed by atoms with E-state index in [1.54, 1.807) is 10.9 Å². The van der Waals surface area contributed by atoms with Crippen molar-refractivity contribution in [2.24, 2.45) is 23.2 Å². The molecular formula is C15H21N3O2. The van der Waals surface area contributed by atoms with E-state index in [0.29, 0.717) is 5.82 Å². The van der Waals surface area contributed by atoms with Gasteiger partial charge in [-0.25, -0.2) is 4.79 Å². The molecule has 1 aromatic heterocycles. The number of rotatable bonds is 3. The standard InChI is InChI=1S/C15H21N3O2/c1-9-17-16-8-18(9)13(14(19)20)15-5-10-2-11(6-15)4-12(3-10)7-15/h8,10-13H,2-7H2,1H3,(H,19,20). The number of hydrogen-bond acceptors (Lipinski definition) is 3. The van der Waals surface area contributed by atoms with Crippen LogP contribution in [0.15, 0.2) is 6.33 Å². The van der Waals surface area contributed by atoms with Crippen molar-refractivity contribution < 1.29 is 9.90 Å². The molecule has 0 saturated heterocycles. The second-order valence-electron chi connectivity index (χ2n) is 7.31. The zero-order valence-electron chi connectivity index (χ0n) is 11.8. The van der Waals surface area contributed by atoms with E-state index in [2.05, 4.69) is 10.2 Å². The van der Waals surface area contributed by atoms with Gasteiger partial charge in [-0.05, 0) is 63.2 Å². The first-order valence-corrected chi connectivity index (χ1v) is 7.66. The van der Waals surface area contributed by atoms with Crippen LogP contribution in [0.1, 0.15) is 50.4 Å². The summed E-state index contributed by atoms with van der Waals surface area (Å²) in [7, 11) is 0. The summed E-state index contributed by atoms with van der Waals surface area (Å²) in [5, 5.41) is 17.8. The van der Waals surface area contributed by atoms with Crippen LogP contribution in [-0.4, -0.2) is 25.8 Å². The smallest absolute Gasteiger partial charge is 0.327 e. The van der Waals surface area contributed by atoms with Crippen molar-refractivity contribution in [3.05, 3.63) is 12.2 Å². The van der Waals surface area contributed by atoms with Crippen molar-refractivity contribution in [2.75, 3.05) is 0 Å². The SMILES string of the molecule is Cc1nncn1C(C(=O)O)C12CC3CC(CC(C3)C1)C2. The second-order valence-corrected chi connectivity index (χ2v) is 7.31. The maximum absolute atomic E-state index is 12.0. The fourth-order valence-corrected chi connectivity index (χ4v) is 5.74. The molecule has 4 aliphatic carbocycles. The number of nitrogens with zero attached hydrogens (tertiary/aromatic N) is 3. The third-order valence-electron chi connectivity index (χ3n) is 5.93. The lowest BCUT2D eigenvalue weighted by Gasteiger charge is -2.58. The van der Waals surface area contributed by atoms with E-state index < -0.39 is 12.0 Å². The fraction of sp³-hybridized carbons (Fsp3) is 0.800. The minimum atomic E-state index is -0.713. The van der Waals surface area contributed by atoms with E-state index in [4.69, 9.17) is 0 Å². The normalized spacial score (nSPS) is 40.0. The third-order valence-corrected chi connectivity index (χ3v) is 5.93. The van der Waals surface area contributed by atoms with E-state index in [-0.39, 0.29) is 5.41 Å². The molecule has 0 amide bonds. The predicted octanol–water partition coefficient (Wildman–Crippen LogP) is 2.43. The lowest BCUT2D eigenvalue weighted by Crippen LogP contribution is -2.52. The van der Waals surface area contributed by atoms with Gasteiger partial charge in [-0.1, -0.05) is 0 Å². The number of carbonyl (C=O) groups is 1. The van der Waals surface area contributed by atoms with Crippen LogP contribution >= 0.6 is 0 Å². The molecule has 1 atom stereocenters. The number of aromatic nitrogens is 3. The average Bonchev–Trinajstić information content (AvgIpc) is 2.73. The van der Waals surface area contributed by atoms with Crippen LogP contribution in [0.2, 0.25) is 0 Å². The summed E-state index contributed by atoms with van der Waals surface area (Å²) in [6, 6.07) is -0.481. The molecule has 4 fully saturated rings. The molecule has 1 heterocycles. The van der Waals surface area contributed by atoms with Crippen molar-refractivity contribution in [3.8, 4) is 0 Å². The van der Waals surface area contributed by atoms with Gasteiger partial charge in [0.1, 0.15) is 18.2 Å². The zero-order chi connectivity index (χ0) is 13.9. The molecule has 0 spiro atoms. The highest BCUT2D eigenvalue weighted by Crippen LogP contribution is 2.63. The Balaban J connectivity index is 1.77. The van der Waals surface area contributed by atoms with Crippen molar-refractivity contribution in [3.63, 3.8) is 0 Å². The fourth-order valence-electron chi connectivity index (χ4n) is 5.74. The summed E-state index contributed by atoms with van der Waals surface area (Å²) in [5.74, 6) is 2.25. The Morgan fingerprint density at radius 2 is 1.85 bits per heavy atom. The molecule has 0 aromatic carbocycles. The number of aryl methyl sites for hydroxylation is 1. The van der Waals surface area contributed by atoms with E-state index in [0.717, 1.165) is 37.0 Å². The molecule has 20 heavy (non-hydrogen) atoms. The Labute approximate surface area is 118 Å². The van der Waals surface area contributed by atoms with Gasteiger partial charge >= 0.3 is 5.97 Å². The van der Waals surface area contributed by atoms with Gasteiger partial charge in [-0.3, -0.25) is 0 Å². The van der Waals surface area contributed by atoms with Gasteiger partial charge in [0.25, 0.3) is 0 Å². The molecule has 1 unspecified atom stereocenters. The highest BCUT2D eigenvalue weighted by molar-refractivity contribution is 5.73. The topological polar surface area (TPSA) is 68.0 Å². The quantitative estimate of drug-likeness (QED) is 0.920. The Kier molecular flexibility index (Phi) is 2.51. The minimum absolute atomic E-state index is 0.0618. The molecule has 108 valence electrons. The van der Waals surface area contributed by atoms with Crippen LogP contribution in [0.4, 0.5) is 0 Å². The lowest BCUT2D eigenvalue weighted by molar-refractivity contribution is -0.155. The summed E-state index contributed by atoms with van der Waals surface area (Å²) < 4.78 is 1.80. The largest absolute Gasteiger partial charge is 0.480 e. The first-order chi connectivity index (χ1) is 9.57. The molecule has 0 aliphatic heterocycles. The van der Waals surface area contributed by atoms with Crippen molar-refractivity contribution >= 4 is 5.97 Å². The number of hydrogen-bond donors (Lipinski definition) is 1. The Morgan fingerprint density at radius 1 is 1.30 bits per heavy atom. The molecule has 5 nitrogen and oxygen atoms in total. The summed E-state index contributed by atoms with van der Waals surface area (Å²) >= 11 is 0. The van der Waals surface area contributed by atoms with Crippen LogP contribution in [0.3, 0.4) is 0 Å². The summed E-state index contributed by atoms with van der Waals surface area (Å²) in [6.45, 7) is 1.85. The molecule has 1 N–H and O–H groups in total. The molecule has 4 saturated carbocycles. The van der Waals surface area contributed by atoms with Crippen molar-refractivity contribution in [1.82, 2.24) is 14.8 Å². The van der Waals surface area contributed by atoms with Crippen LogP contribution in [-0.2, 0) is 4.79 Å². The van der Waals surface area contributed by atoms with Gasteiger partial charge < -0.3 is 9.67 Å². The summed E-state index contributed by atoms with van der Waals surface area (Å²) in [6.07, 6.45) is 8.81. The van der Waals surface area contributed by atoms with Crippen LogP contribution < -0.4 is 0 Å². The number of aliphatic carboxylic acids is 1. The molecule has 5 heteroatoms. The zero-order valence-corrected chi connectivity index (χ0v) is 11.8. The Morgan fingerprint density at radius 3 is 2.25 bits per heavy atom. The molecule has 4 bridgehead atoms. The maximum atomic E-state index is 12.0. The molecule has 1 aromatic rings. The van der Waals surface area contributed by atoms with Crippen molar-refractivity contribution in [1.29, 1.82) is 0 Å². The third kappa shape index (κ3) is 1.64. The monoisotopic (exact) mass is 275 g/mol. The van der Waals surface area contributed by atoms with Crippen LogP contribution in [0.5, 0.6) is 0 Å². The minimum Gasteiger partial charge on any atom is -0.480 e. The van der Waals surface area contributed by atoms with Gasteiger partial charge in [0.15, 0.2) is 0 Å². The van der Waals surface area contributed by atoms with Crippen LogP contribution in [0, 0.1) is 30.1 Å². The van der Waals surface area contributed by atoms with Gasteiger partial charge in [0.2, 0.25) is 0 Å². The van der Waals surface area contributed by atoms with E-state index in [1.807, 2.05) is 6.92 Å². The lowest BCUT2D eigenvalue weighted by atomic mass is 9.47. The van der Waals surface area contributed by atoms with Gasteiger partial charge in [0.05, 0.1) is 0 Å². The summed E-state index contributed by atoms with van der Waals surface area (Å²) in [5.41, 5.74) is -0.0618. The first-order valence-electron chi connectivity index (χ1n) is 7.66. The second kappa shape index (κ2) is 4.06. The van der Waals surface area contributed by atoms with Crippen molar-refractivity contribution in [2.45, 2.75) is 51.5 Å². The molecule has 0 radical (unpaired) electrons. The molecule has 4 aliphatic rings. The Bertz CT molecular complexity index is 516.